The van der Waals surface area contributed by atoms with Crippen LogP contribution in [0.15, 0.2) is 30.3 Å². The van der Waals surface area contributed by atoms with Crippen LogP contribution in [0, 0.1) is 0 Å². The van der Waals surface area contributed by atoms with Crippen molar-refractivity contribution in [1.82, 2.24) is 13.9 Å². The summed E-state index contributed by atoms with van der Waals surface area (Å²) in [5, 5.41) is 0. The molecule has 2 rings (SSSR count). The van der Waals surface area contributed by atoms with Crippen LogP contribution in [-0.2, 0) is 21.5 Å². The Labute approximate surface area is 196 Å². The highest BCUT2D eigenvalue weighted by atomic mass is 32.2. The Morgan fingerprint density at radius 2 is 1.59 bits per heavy atom. The second-order valence-corrected chi connectivity index (χ2v) is 11.0. The van der Waals surface area contributed by atoms with Crippen LogP contribution < -0.4 is 4.72 Å². The Bertz CT molecular complexity index is 706. The fourth-order valence-corrected chi connectivity index (χ4v) is 5.45. The SMILES string of the molecule is CCCCCN(C)CCCCCO[C@H]1CC[C@H](N(C)S(=O)(=O)NCc2ccccc2)CC1. The second kappa shape index (κ2) is 15.0. The number of rotatable bonds is 16. The van der Waals surface area contributed by atoms with E-state index in [2.05, 4.69) is 23.6 Å². The van der Waals surface area contributed by atoms with E-state index in [1.807, 2.05) is 30.3 Å². The van der Waals surface area contributed by atoms with E-state index in [4.69, 9.17) is 4.74 Å². The van der Waals surface area contributed by atoms with Crippen LogP contribution in [0.2, 0.25) is 0 Å². The molecule has 0 aliphatic heterocycles. The summed E-state index contributed by atoms with van der Waals surface area (Å²) in [5.74, 6) is 0. The van der Waals surface area contributed by atoms with Gasteiger partial charge >= 0.3 is 0 Å². The van der Waals surface area contributed by atoms with Crippen LogP contribution in [0.3, 0.4) is 0 Å². The van der Waals surface area contributed by atoms with Crippen molar-refractivity contribution in [2.45, 2.75) is 89.8 Å². The van der Waals surface area contributed by atoms with Crippen molar-refractivity contribution in [3.63, 3.8) is 0 Å². The maximum absolute atomic E-state index is 12.7. The van der Waals surface area contributed by atoms with Crippen molar-refractivity contribution in [2.24, 2.45) is 0 Å². The summed E-state index contributed by atoms with van der Waals surface area (Å²) in [6, 6.07) is 9.67. The second-order valence-electron chi connectivity index (χ2n) is 9.20. The Hall–Kier alpha value is -0.990. The number of hydrogen-bond donors (Lipinski definition) is 1. The van der Waals surface area contributed by atoms with Crippen LogP contribution in [-0.4, -0.2) is 63.6 Å². The minimum absolute atomic E-state index is 0.0476. The minimum atomic E-state index is -3.48. The summed E-state index contributed by atoms with van der Waals surface area (Å²) in [6.45, 7) is 5.77. The summed E-state index contributed by atoms with van der Waals surface area (Å²) in [7, 11) is 0.435. The molecule has 0 saturated heterocycles. The number of unbranched alkanes of at least 4 members (excludes halogenated alkanes) is 4. The quantitative estimate of drug-likeness (QED) is 0.362. The number of benzene rings is 1. The Morgan fingerprint density at radius 1 is 0.938 bits per heavy atom. The van der Waals surface area contributed by atoms with Crippen molar-refractivity contribution in [2.75, 3.05) is 33.8 Å². The molecule has 1 aliphatic carbocycles. The Kier molecular flexibility index (Phi) is 12.8. The highest BCUT2D eigenvalue weighted by molar-refractivity contribution is 7.87. The molecular weight excluding hydrogens is 422 g/mol. The summed E-state index contributed by atoms with van der Waals surface area (Å²) in [5.41, 5.74) is 0.963. The van der Waals surface area contributed by atoms with Crippen LogP contribution in [0.4, 0.5) is 0 Å². The van der Waals surface area contributed by atoms with Gasteiger partial charge in [-0.3, -0.25) is 0 Å². The molecule has 1 aliphatic rings. The van der Waals surface area contributed by atoms with E-state index in [0.717, 1.165) is 44.3 Å². The van der Waals surface area contributed by atoms with Crippen LogP contribution in [0.1, 0.15) is 76.7 Å². The normalized spacial score (nSPS) is 19.7. The summed E-state index contributed by atoms with van der Waals surface area (Å²) in [4.78, 5) is 2.44. The van der Waals surface area contributed by atoms with E-state index < -0.39 is 10.2 Å². The van der Waals surface area contributed by atoms with Gasteiger partial charge in [0.15, 0.2) is 0 Å². The van der Waals surface area contributed by atoms with E-state index in [9.17, 15) is 8.42 Å². The van der Waals surface area contributed by atoms with Crippen molar-refractivity contribution in [1.29, 1.82) is 0 Å². The summed E-state index contributed by atoms with van der Waals surface area (Å²) >= 11 is 0. The number of nitrogens with one attached hydrogen (secondary N) is 1. The van der Waals surface area contributed by atoms with Crippen molar-refractivity contribution in [3.05, 3.63) is 35.9 Å². The first-order valence-electron chi connectivity index (χ1n) is 12.5. The van der Waals surface area contributed by atoms with E-state index in [0.29, 0.717) is 6.54 Å². The molecule has 1 N–H and O–H groups in total. The first-order chi connectivity index (χ1) is 15.4. The minimum Gasteiger partial charge on any atom is -0.378 e. The fourth-order valence-electron chi connectivity index (χ4n) is 4.30. The largest absolute Gasteiger partial charge is 0.378 e. The Balaban J connectivity index is 1.56. The zero-order valence-electron chi connectivity index (χ0n) is 20.5. The predicted octanol–water partition coefficient (Wildman–Crippen LogP) is 4.57. The average molecular weight is 468 g/mol. The van der Waals surface area contributed by atoms with E-state index in [1.165, 1.54) is 49.5 Å². The van der Waals surface area contributed by atoms with Gasteiger partial charge in [0.1, 0.15) is 0 Å². The van der Waals surface area contributed by atoms with Gasteiger partial charge in [-0.2, -0.15) is 17.4 Å². The van der Waals surface area contributed by atoms with Gasteiger partial charge < -0.3 is 9.64 Å². The molecule has 0 unspecified atom stereocenters. The summed E-state index contributed by atoms with van der Waals surface area (Å²) in [6.07, 6.45) is 11.3. The van der Waals surface area contributed by atoms with Crippen molar-refractivity contribution < 1.29 is 13.2 Å². The molecule has 7 heteroatoms. The molecule has 0 bridgehead atoms. The zero-order chi connectivity index (χ0) is 23.2. The lowest BCUT2D eigenvalue weighted by Gasteiger charge is -2.34. The van der Waals surface area contributed by atoms with E-state index >= 15 is 0 Å². The first-order valence-corrected chi connectivity index (χ1v) is 13.9. The summed E-state index contributed by atoms with van der Waals surface area (Å²) < 4.78 is 35.6. The molecule has 6 nitrogen and oxygen atoms in total. The number of nitrogens with zero attached hydrogens (tertiary/aromatic N) is 2. The zero-order valence-corrected chi connectivity index (χ0v) is 21.3. The molecule has 184 valence electrons. The molecule has 0 amide bonds. The van der Waals surface area contributed by atoms with Gasteiger partial charge in [-0.05, 0) is 77.1 Å². The molecule has 0 spiro atoms. The maximum Gasteiger partial charge on any atom is 0.279 e. The van der Waals surface area contributed by atoms with Gasteiger partial charge in [0, 0.05) is 26.2 Å². The molecule has 1 fully saturated rings. The van der Waals surface area contributed by atoms with Gasteiger partial charge in [-0.1, -0.05) is 50.1 Å². The number of ether oxygens (including phenoxy) is 1. The van der Waals surface area contributed by atoms with Gasteiger partial charge in [0.2, 0.25) is 0 Å². The fraction of sp³-hybridized carbons (Fsp3) is 0.760. The van der Waals surface area contributed by atoms with Gasteiger partial charge in [-0.15, -0.1) is 0 Å². The highest BCUT2D eigenvalue weighted by Gasteiger charge is 2.30. The molecule has 0 radical (unpaired) electrons. The van der Waals surface area contributed by atoms with Gasteiger partial charge in [0.25, 0.3) is 10.2 Å². The Morgan fingerprint density at radius 3 is 2.25 bits per heavy atom. The van der Waals surface area contributed by atoms with Crippen LogP contribution in [0.5, 0.6) is 0 Å². The average Bonchev–Trinajstić information content (AvgIpc) is 2.81. The molecule has 0 heterocycles. The van der Waals surface area contributed by atoms with Crippen molar-refractivity contribution in [3.8, 4) is 0 Å². The van der Waals surface area contributed by atoms with E-state index in [1.54, 1.807) is 7.05 Å². The standard InChI is InChI=1S/C25H45N3O3S/c1-4-5-10-19-27(2)20-11-7-12-21-31-25-17-15-24(16-18-25)28(3)32(29,30)26-22-23-13-8-6-9-14-23/h6,8-9,13-14,24-26H,4-5,7,10-12,15-22H2,1-3H3/t24-,25-. The topological polar surface area (TPSA) is 61.9 Å². The van der Waals surface area contributed by atoms with E-state index in [-0.39, 0.29) is 12.1 Å². The predicted molar refractivity (Wildman–Crippen MR) is 133 cm³/mol. The number of hydrogen-bond acceptors (Lipinski definition) is 4. The highest BCUT2D eigenvalue weighted by Crippen LogP contribution is 2.26. The molecule has 1 saturated carbocycles. The van der Waals surface area contributed by atoms with Gasteiger partial charge in [0.05, 0.1) is 6.10 Å². The molecule has 0 aromatic heterocycles. The molecule has 1 aromatic rings. The lowest BCUT2D eigenvalue weighted by molar-refractivity contribution is 0.0154. The third kappa shape index (κ3) is 10.3. The monoisotopic (exact) mass is 467 g/mol. The molecule has 32 heavy (non-hydrogen) atoms. The first kappa shape index (κ1) is 27.3. The molecule has 1 aromatic carbocycles. The third-order valence-electron chi connectivity index (χ3n) is 6.52. The lowest BCUT2D eigenvalue weighted by Crippen LogP contribution is -2.45. The maximum atomic E-state index is 12.7. The molecule has 0 atom stereocenters. The lowest BCUT2D eigenvalue weighted by atomic mass is 9.93. The van der Waals surface area contributed by atoms with Crippen LogP contribution in [0.25, 0.3) is 0 Å². The van der Waals surface area contributed by atoms with Crippen molar-refractivity contribution >= 4 is 10.2 Å². The third-order valence-corrected chi connectivity index (χ3v) is 8.09. The smallest absolute Gasteiger partial charge is 0.279 e. The molecular formula is C25H45N3O3S. The van der Waals surface area contributed by atoms with Crippen LogP contribution >= 0.6 is 0 Å². The van der Waals surface area contributed by atoms with Gasteiger partial charge in [-0.25, -0.2) is 0 Å².